The third kappa shape index (κ3) is 3.49. The lowest BCUT2D eigenvalue weighted by Gasteiger charge is -2.22. The van der Waals surface area contributed by atoms with Crippen molar-refractivity contribution in [1.29, 1.82) is 0 Å². The number of anilines is 1. The van der Waals surface area contributed by atoms with Crippen molar-refractivity contribution in [3.8, 4) is 5.75 Å². The highest BCUT2D eigenvalue weighted by atomic mass is 35.5. The topological polar surface area (TPSA) is 70.7 Å². The van der Waals surface area contributed by atoms with Crippen molar-refractivity contribution >= 4 is 29.1 Å². The summed E-state index contributed by atoms with van der Waals surface area (Å²) >= 11 is 6.19. The Morgan fingerprint density at radius 1 is 1.33 bits per heavy atom. The summed E-state index contributed by atoms with van der Waals surface area (Å²) in [7, 11) is 1.49. The smallest absolute Gasteiger partial charge is 0.255 e. The zero-order valence-corrected chi connectivity index (χ0v) is 14.7. The molecule has 2 N–H and O–H groups in total. The maximum atomic E-state index is 12.7. The molecule has 1 aromatic rings. The minimum absolute atomic E-state index is 0.165. The predicted molar refractivity (Wildman–Crippen MR) is 92.7 cm³/mol. The van der Waals surface area contributed by atoms with E-state index in [2.05, 4.69) is 15.5 Å². The second-order valence-corrected chi connectivity index (χ2v) is 6.86. The number of nitrogens with zero attached hydrogens (tertiary/aromatic N) is 1. The van der Waals surface area contributed by atoms with E-state index in [4.69, 9.17) is 16.3 Å². The van der Waals surface area contributed by atoms with Gasteiger partial charge in [0, 0.05) is 32.1 Å². The predicted octanol–water partition coefficient (Wildman–Crippen LogP) is 2.13. The van der Waals surface area contributed by atoms with Crippen LogP contribution < -0.4 is 15.4 Å². The summed E-state index contributed by atoms with van der Waals surface area (Å²) in [6.45, 7) is 4.47. The molecule has 3 atom stereocenters. The van der Waals surface area contributed by atoms with Crippen LogP contribution in [0.25, 0.3) is 0 Å². The molecule has 0 spiro atoms. The van der Waals surface area contributed by atoms with Gasteiger partial charge in [0.1, 0.15) is 5.75 Å². The summed E-state index contributed by atoms with van der Waals surface area (Å²) in [5.41, 5.74) is 0.813. The Hall–Kier alpha value is -1.79. The van der Waals surface area contributed by atoms with Gasteiger partial charge in [0.15, 0.2) is 0 Å². The van der Waals surface area contributed by atoms with E-state index in [0.29, 0.717) is 27.9 Å². The van der Waals surface area contributed by atoms with Crippen LogP contribution in [0, 0.1) is 5.92 Å². The molecule has 0 aromatic heterocycles. The molecular weight excluding hydrogens is 330 g/mol. The van der Waals surface area contributed by atoms with Crippen molar-refractivity contribution in [2.75, 3.05) is 32.1 Å². The van der Waals surface area contributed by atoms with Crippen molar-refractivity contribution in [3.63, 3.8) is 0 Å². The minimum atomic E-state index is -0.233. The molecule has 2 amide bonds. The van der Waals surface area contributed by atoms with E-state index in [-0.39, 0.29) is 17.9 Å². The van der Waals surface area contributed by atoms with E-state index in [1.807, 2.05) is 0 Å². The third-order valence-corrected chi connectivity index (χ3v) is 5.04. The average Bonchev–Trinajstić information content (AvgIpc) is 2.81. The zero-order chi connectivity index (χ0) is 17.3. The van der Waals surface area contributed by atoms with Crippen LogP contribution in [0.3, 0.4) is 0 Å². The van der Waals surface area contributed by atoms with Crippen molar-refractivity contribution in [1.82, 2.24) is 10.2 Å². The van der Waals surface area contributed by atoms with Gasteiger partial charge >= 0.3 is 0 Å². The summed E-state index contributed by atoms with van der Waals surface area (Å²) in [5, 5.41) is 6.06. The van der Waals surface area contributed by atoms with Crippen molar-refractivity contribution < 1.29 is 14.3 Å². The Morgan fingerprint density at radius 3 is 2.79 bits per heavy atom. The highest BCUT2D eigenvalue weighted by Gasteiger charge is 2.36. The molecule has 2 heterocycles. The number of hydrogen-bond acceptors (Lipinski definition) is 4. The van der Waals surface area contributed by atoms with Gasteiger partial charge in [-0.25, -0.2) is 0 Å². The number of methoxy groups -OCH3 is 1. The molecule has 2 aliphatic heterocycles. The van der Waals surface area contributed by atoms with Crippen LogP contribution in [0.4, 0.5) is 5.69 Å². The molecule has 2 aliphatic rings. The number of amides is 2. The van der Waals surface area contributed by atoms with Gasteiger partial charge in [0.25, 0.3) is 5.91 Å². The number of halogens is 1. The van der Waals surface area contributed by atoms with E-state index < -0.39 is 0 Å². The van der Waals surface area contributed by atoms with Crippen molar-refractivity contribution in [3.05, 3.63) is 22.7 Å². The van der Waals surface area contributed by atoms with Gasteiger partial charge in [-0.1, -0.05) is 11.6 Å². The van der Waals surface area contributed by atoms with Crippen LogP contribution in [0.1, 0.15) is 30.1 Å². The Balaban J connectivity index is 1.79. The first-order chi connectivity index (χ1) is 11.5. The van der Waals surface area contributed by atoms with Crippen LogP contribution in [0.5, 0.6) is 5.75 Å². The van der Waals surface area contributed by atoms with Gasteiger partial charge in [0.05, 0.1) is 23.4 Å². The molecule has 1 unspecified atom stereocenters. The first-order valence-corrected chi connectivity index (χ1v) is 8.54. The summed E-state index contributed by atoms with van der Waals surface area (Å²) in [6.07, 6.45) is 2.35. The van der Waals surface area contributed by atoms with Crippen molar-refractivity contribution in [2.24, 2.45) is 5.92 Å². The largest absolute Gasteiger partial charge is 0.496 e. The van der Waals surface area contributed by atoms with Crippen LogP contribution >= 0.6 is 11.6 Å². The fourth-order valence-electron chi connectivity index (χ4n) is 3.61. The van der Waals surface area contributed by atoms with Gasteiger partial charge in [-0.3, -0.25) is 9.59 Å². The van der Waals surface area contributed by atoms with Gasteiger partial charge in [-0.05, 0) is 31.4 Å². The number of ether oxygens (including phenoxy) is 1. The molecule has 0 aliphatic carbocycles. The van der Waals surface area contributed by atoms with Crippen LogP contribution in [0.15, 0.2) is 12.1 Å². The lowest BCUT2D eigenvalue weighted by molar-refractivity contribution is -0.114. The highest BCUT2D eigenvalue weighted by Crippen LogP contribution is 2.32. The number of carbonyl (C=O) groups is 2. The van der Waals surface area contributed by atoms with Crippen LogP contribution in [-0.4, -0.2) is 49.5 Å². The van der Waals surface area contributed by atoms with E-state index in [9.17, 15) is 9.59 Å². The normalized spacial score (nSPS) is 25.2. The minimum Gasteiger partial charge on any atom is -0.496 e. The molecule has 0 saturated carbocycles. The lowest BCUT2D eigenvalue weighted by atomic mass is 9.96. The Labute approximate surface area is 146 Å². The molecule has 6 nitrogen and oxygen atoms in total. The molecule has 1 aromatic carbocycles. The molecule has 0 radical (unpaired) electrons. The number of piperidine rings is 1. The number of nitrogens with one attached hydrogen (secondary N) is 2. The molecule has 130 valence electrons. The molecule has 2 bridgehead atoms. The molecular formula is C17H22ClN3O3. The molecule has 2 fully saturated rings. The fraction of sp³-hybridized carbons (Fsp3) is 0.529. The van der Waals surface area contributed by atoms with Gasteiger partial charge in [0.2, 0.25) is 5.91 Å². The summed E-state index contributed by atoms with van der Waals surface area (Å²) < 4.78 is 5.31. The number of rotatable bonds is 4. The second-order valence-electron chi connectivity index (χ2n) is 6.46. The SMILES string of the molecule is COc1cc(NC(C)=O)c(Cl)cc1C(=O)N[C@H]1CN2CCC[C@@H]1C2. The lowest BCUT2D eigenvalue weighted by Crippen LogP contribution is -2.40. The second kappa shape index (κ2) is 6.99. The Kier molecular flexibility index (Phi) is 4.96. The van der Waals surface area contributed by atoms with E-state index in [1.165, 1.54) is 20.5 Å². The number of fused-ring (bicyclic) bond motifs is 2. The third-order valence-electron chi connectivity index (χ3n) is 4.73. The fourth-order valence-corrected chi connectivity index (χ4v) is 3.82. The van der Waals surface area contributed by atoms with Gasteiger partial charge in [-0.15, -0.1) is 0 Å². The van der Waals surface area contributed by atoms with Gasteiger partial charge < -0.3 is 20.3 Å². The summed E-state index contributed by atoms with van der Waals surface area (Å²) in [5.74, 6) is 0.482. The highest BCUT2D eigenvalue weighted by molar-refractivity contribution is 6.34. The molecule has 2 saturated heterocycles. The standard InChI is InChI=1S/C17H22ClN3O3/c1-10(22)19-14-7-16(24-2)12(6-13(14)18)17(23)20-15-9-21-5-3-4-11(15)8-21/h6-7,11,15H,3-5,8-9H2,1-2H3,(H,19,22)(H,20,23)/t11-,15+/m1/s1. The Bertz CT molecular complexity index is 665. The molecule has 24 heavy (non-hydrogen) atoms. The zero-order valence-electron chi connectivity index (χ0n) is 13.9. The average molecular weight is 352 g/mol. The monoisotopic (exact) mass is 351 g/mol. The molecule has 7 heteroatoms. The Morgan fingerprint density at radius 2 is 2.12 bits per heavy atom. The maximum absolute atomic E-state index is 12.7. The summed E-state index contributed by atoms with van der Waals surface area (Å²) in [4.78, 5) is 26.3. The van der Waals surface area contributed by atoms with Crippen molar-refractivity contribution in [2.45, 2.75) is 25.8 Å². The van der Waals surface area contributed by atoms with Crippen LogP contribution in [-0.2, 0) is 4.79 Å². The first-order valence-electron chi connectivity index (χ1n) is 8.16. The van der Waals surface area contributed by atoms with Gasteiger partial charge in [-0.2, -0.15) is 0 Å². The quantitative estimate of drug-likeness (QED) is 0.871. The van der Waals surface area contributed by atoms with E-state index in [0.717, 1.165) is 26.1 Å². The maximum Gasteiger partial charge on any atom is 0.255 e. The van der Waals surface area contributed by atoms with Crippen LogP contribution in [0.2, 0.25) is 5.02 Å². The summed E-state index contributed by atoms with van der Waals surface area (Å²) in [6, 6.07) is 3.29. The molecule has 3 rings (SSSR count). The number of benzene rings is 1. The first kappa shape index (κ1) is 17.0. The number of carbonyl (C=O) groups excluding carboxylic acids is 2. The van der Waals surface area contributed by atoms with E-state index in [1.54, 1.807) is 12.1 Å². The van der Waals surface area contributed by atoms with E-state index >= 15 is 0 Å². The number of hydrogen-bond donors (Lipinski definition) is 2.